The van der Waals surface area contributed by atoms with Gasteiger partial charge < -0.3 is 15.8 Å². The summed E-state index contributed by atoms with van der Waals surface area (Å²) in [4.78, 5) is 12.2. The number of carbonyl (C=O) groups excluding carboxylic acids is 1. The number of hydrogen-bond acceptors (Lipinski definition) is 5. The van der Waals surface area contributed by atoms with E-state index in [1.54, 1.807) is 12.1 Å². The third-order valence-electron chi connectivity index (χ3n) is 3.86. The van der Waals surface area contributed by atoms with Crippen molar-refractivity contribution in [2.75, 3.05) is 19.4 Å². The molecule has 0 unspecified atom stereocenters. The van der Waals surface area contributed by atoms with Crippen LogP contribution in [0.15, 0.2) is 29.2 Å². The highest BCUT2D eigenvalue weighted by molar-refractivity contribution is 7.90. The molecule has 1 aliphatic carbocycles. The molecule has 1 aromatic carbocycles. The molecule has 2 rings (SSSR count). The molecule has 3 N–H and O–H groups in total. The Hall–Kier alpha value is -1.60. The quantitative estimate of drug-likeness (QED) is 0.755. The van der Waals surface area contributed by atoms with E-state index < -0.39 is 15.4 Å². The summed E-state index contributed by atoms with van der Waals surface area (Å²) >= 11 is 0. The number of hydrogen-bond donors (Lipinski definition) is 2. The van der Waals surface area contributed by atoms with Crippen LogP contribution in [0, 0.1) is 0 Å². The molecule has 22 heavy (non-hydrogen) atoms. The van der Waals surface area contributed by atoms with Crippen molar-refractivity contribution in [2.24, 2.45) is 5.73 Å². The standard InChI is InChI=1S/C15H22N2O4S/c1-22(19,20)13-6-4-12(5-7-13)21-11-10-17-14(18)15(16)8-2-3-9-15/h4-7H,2-3,8-11,16H2,1H3,(H,17,18). The molecule has 0 aromatic heterocycles. The Morgan fingerprint density at radius 3 is 2.41 bits per heavy atom. The summed E-state index contributed by atoms with van der Waals surface area (Å²) in [5.74, 6) is 0.436. The molecule has 1 aromatic rings. The number of nitrogens with two attached hydrogens (primary N) is 1. The molecule has 1 fully saturated rings. The zero-order chi connectivity index (χ0) is 16.2. The first-order chi connectivity index (χ1) is 10.3. The largest absolute Gasteiger partial charge is 0.492 e. The fourth-order valence-electron chi connectivity index (χ4n) is 2.53. The third-order valence-corrected chi connectivity index (χ3v) is 4.98. The average molecular weight is 326 g/mol. The van der Waals surface area contributed by atoms with Crippen molar-refractivity contribution in [2.45, 2.75) is 36.1 Å². The van der Waals surface area contributed by atoms with Crippen LogP contribution in [-0.4, -0.2) is 39.3 Å². The molecule has 0 bridgehead atoms. The van der Waals surface area contributed by atoms with E-state index >= 15 is 0 Å². The fourth-order valence-corrected chi connectivity index (χ4v) is 3.16. The number of benzene rings is 1. The molecule has 7 heteroatoms. The Morgan fingerprint density at radius 1 is 1.27 bits per heavy atom. The summed E-state index contributed by atoms with van der Waals surface area (Å²) in [5, 5.41) is 2.79. The summed E-state index contributed by atoms with van der Waals surface area (Å²) < 4.78 is 28.1. The Kier molecular flexibility index (Phi) is 5.08. The molecule has 1 aliphatic rings. The lowest BCUT2D eigenvalue weighted by Crippen LogP contribution is -2.52. The van der Waals surface area contributed by atoms with Crippen molar-refractivity contribution < 1.29 is 17.9 Å². The number of ether oxygens (including phenoxy) is 1. The maximum atomic E-state index is 12.0. The summed E-state index contributed by atoms with van der Waals surface area (Å²) in [6.45, 7) is 0.672. The minimum atomic E-state index is -3.20. The van der Waals surface area contributed by atoms with Crippen LogP contribution in [0.1, 0.15) is 25.7 Å². The molecule has 1 amide bonds. The minimum absolute atomic E-state index is 0.124. The van der Waals surface area contributed by atoms with Gasteiger partial charge in [-0.25, -0.2) is 8.42 Å². The van der Waals surface area contributed by atoms with Crippen LogP contribution in [0.2, 0.25) is 0 Å². The molecule has 122 valence electrons. The third kappa shape index (κ3) is 4.20. The number of sulfone groups is 1. The van der Waals surface area contributed by atoms with Gasteiger partial charge in [-0.1, -0.05) is 12.8 Å². The number of carbonyl (C=O) groups is 1. The maximum Gasteiger partial charge on any atom is 0.240 e. The van der Waals surface area contributed by atoms with E-state index in [-0.39, 0.29) is 10.8 Å². The Morgan fingerprint density at radius 2 is 1.86 bits per heavy atom. The molecule has 0 atom stereocenters. The topological polar surface area (TPSA) is 98.5 Å². The maximum absolute atomic E-state index is 12.0. The van der Waals surface area contributed by atoms with Gasteiger partial charge in [-0.3, -0.25) is 4.79 Å². The Balaban J connectivity index is 1.76. The van der Waals surface area contributed by atoms with Gasteiger partial charge in [0, 0.05) is 6.26 Å². The second kappa shape index (κ2) is 6.66. The lowest BCUT2D eigenvalue weighted by atomic mass is 9.98. The highest BCUT2D eigenvalue weighted by Crippen LogP contribution is 2.27. The van der Waals surface area contributed by atoms with Crippen molar-refractivity contribution >= 4 is 15.7 Å². The fraction of sp³-hybridized carbons (Fsp3) is 0.533. The van der Waals surface area contributed by atoms with Gasteiger partial charge in [0.15, 0.2) is 9.84 Å². The molecule has 1 saturated carbocycles. The second-order valence-corrected chi connectivity index (χ2v) is 7.73. The van der Waals surface area contributed by atoms with Gasteiger partial charge in [0.25, 0.3) is 0 Å². The van der Waals surface area contributed by atoms with E-state index in [1.807, 2.05) is 0 Å². The molecule has 6 nitrogen and oxygen atoms in total. The first kappa shape index (κ1) is 16.8. The molecule has 0 radical (unpaired) electrons. The molecular formula is C15H22N2O4S. The first-order valence-electron chi connectivity index (χ1n) is 7.31. The van der Waals surface area contributed by atoms with Crippen LogP contribution in [0.5, 0.6) is 5.75 Å². The van der Waals surface area contributed by atoms with Crippen molar-refractivity contribution in [1.82, 2.24) is 5.32 Å². The van der Waals surface area contributed by atoms with Gasteiger partial charge in [-0.2, -0.15) is 0 Å². The normalized spacial score (nSPS) is 17.2. The average Bonchev–Trinajstić information content (AvgIpc) is 2.91. The number of amides is 1. The number of rotatable bonds is 6. The highest BCUT2D eigenvalue weighted by Gasteiger charge is 2.36. The highest BCUT2D eigenvalue weighted by atomic mass is 32.2. The summed E-state index contributed by atoms with van der Waals surface area (Å²) in [5.41, 5.74) is 5.32. The van der Waals surface area contributed by atoms with Crippen LogP contribution in [0.25, 0.3) is 0 Å². The molecule has 0 aliphatic heterocycles. The van der Waals surface area contributed by atoms with E-state index in [4.69, 9.17) is 10.5 Å². The molecule has 0 spiro atoms. The summed E-state index contributed by atoms with van der Waals surface area (Å²) in [6, 6.07) is 6.19. The van der Waals surface area contributed by atoms with Crippen LogP contribution in [-0.2, 0) is 14.6 Å². The van der Waals surface area contributed by atoms with Gasteiger partial charge in [0.2, 0.25) is 5.91 Å². The van der Waals surface area contributed by atoms with Crippen LogP contribution in [0.4, 0.5) is 0 Å². The minimum Gasteiger partial charge on any atom is -0.492 e. The molecular weight excluding hydrogens is 304 g/mol. The second-order valence-electron chi connectivity index (χ2n) is 5.71. The Bertz CT molecular complexity index is 619. The molecule has 0 heterocycles. The monoisotopic (exact) mass is 326 g/mol. The van der Waals surface area contributed by atoms with Gasteiger partial charge in [-0.05, 0) is 37.1 Å². The predicted molar refractivity (Wildman–Crippen MR) is 83.4 cm³/mol. The van der Waals surface area contributed by atoms with E-state index in [2.05, 4.69) is 5.32 Å². The lowest BCUT2D eigenvalue weighted by Gasteiger charge is -2.22. The van der Waals surface area contributed by atoms with E-state index in [1.165, 1.54) is 12.1 Å². The van der Waals surface area contributed by atoms with E-state index in [9.17, 15) is 13.2 Å². The zero-order valence-electron chi connectivity index (χ0n) is 12.7. The Labute approximate surface area is 131 Å². The van der Waals surface area contributed by atoms with Crippen LogP contribution < -0.4 is 15.8 Å². The van der Waals surface area contributed by atoms with Gasteiger partial charge in [0.1, 0.15) is 12.4 Å². The SMILES string of the molecule is CS(=O)(=O)c1ccc(OCCNC(=O)C2(N)CCCC2)cc1. The van der Waals surface area contributed by atoms with Crippen LogP contribution in [0.3, 0.4) is 0 Å². The molecule has 0 saturated heterocycles. The summed E-state index contributed by atoms with van der Waals surface area (Å²) in [6.07, 6.45) is 4.60. The van der Waals surface area contributed by atoms with Gasteiger partial charge in [0.05, 0.1) is 17.0 Å². The predicted octanol–water partition coefficient (Wildman–Crippen LogP) is 0.857. The summed E-state index contributed by atoms with van der Waals surface area (Å²) in [7, 11) is -3.20. The lowest BCUT2D eigenvalue weighted by molar-refractivity contribution is -0.126. The smallest absolute Gasteiger partial charge is 0.240 e. The van der Waals surface area contributed by atoms with Crippen molar-refractivity contribution in [1.29, 1.82) is 0 Å². The van der Waals surface area contributed by atoms with Crippen molar-refractivity contribution in [3.63, 3.8) is 0 Å². The first-order valence-corrected chi connectivity index (χ1v) is 9.20. The number of nitrogens with one attached hydrogen (secondary N) is 1. The van der Waals surface area contributed by atoms with E-state index in [0.29, 0.717) is 18.9 Å². The van der Waals surface area contributed by atoms with Crippen LogP contribution >= 0.6 is 0 Å². The van der Waals surface area contributed by atoms with Gasteiger partial charge in [-0.15, -0.1) is 0 Å². The zero-order valence-corrected chi connectivity index (χ0v) is 13.5. The van der Waals surface area contributed by atoms with Crippen molar-refractivity contribution in [3.8, 4) is 5.75 Å². The van der Waals surface area contributed by atoms with Crippen molar-refractivity contribution in [3.05, 3.63) is 24.3 Å². The van der Waals surface area contributed by atoms with Gasteiger partial charge >= 0.3 is 0 Å². The van der Waals surface area contributed by atoms with E-state index in [0.717, 1.165) is 31.9 Å².